The molecule has 0 aromatic rings. The summed E-state index contributed by atoms with van der Waals surface area (Å²) in [5.41, 5.74) is 0. The first-order valence-corrected chi connectivity index (χ1v) is 6.20. The molecular formula is C12H20N2O2. The van der Waals surface area contributed by atoms with E-state index >= 15 is 0 Å². The third-order valence-corrected chi connectivity index (χ3v) is 4.02. The van der Waals surface area contributed by atoms with Gasteiger partial charge in [-0.2, -0.15) is 0 Å². The minimum Gasteiger partial charge on any atom is -0.345 e. The quantitative estimate of drug-likeness (QED) is 0.758. The van der Waals surface area contributed by atoms with Crippen molar-refractivity contribution in [1.29, 1.82) is 0 Å². The molecule has 2 unspecified atom stereocenters. The van der Waals surface area contributed by atoms with Gasteiger partial charge in [-0.1, -0.05) is 12.8 Å². The van der Waals surface area contributed by atoms with Crippen LogP contribution in [0.1, 0.15) is 39.5 Å². The van der Waals surface area contributed by atoms with Gasteiger partial charge in [-0.15, -0.1) is 0 Å². The van der Waals surface area contributed by atoms with Crippen molar-refractivity contribution in [2.24, 2.45) is 5.92 Å². The summed E-state index contributed by atoms with van der Waals surface area (Å²) < 4.78 is 0. The fourth-order valence-corrected chi connectivity index (χ4v) is 2.99. The van der Waals surface area contributed by atoms with E-state index in [2.05, 4.69) is 12.2 Å². The Morgan fingerprint density at radius 1 is 1.31 bits per heavy atom. The summed E-state index contributed by atoms with van der Waals surface area (Å²) in [5.74, 6) is 0.619. The third-order valence-electron chi connectivity index (χ3n) is 4.02. The molecule has 1 saturated carbocycles. The molecule has 2 rings (SSSR count). The van der Waals surface area contributed by atoms with Gasteiger partial charge in [-0.25, -0.2) is 0 Å². The van der Waals surface area contributed by atoms with Gasteiger partial charge in [0.25, 0.3) is 0 Å². The molecule has 0 radical (unpaired) electrons. The summed E-state index contributed by atoms with van der Waals surface area (Å²) in [4.78, 5) is 25.2. The van der Waals surface area contributed by atoms with E-state index in [1.807, 2.05) is 6.92 Å². The predicted molar refractivity (Wildman–Crippen MR) is 60.7 cm³/mol. The molecule has 4 nitrogen and oxygen atoms in total. The molecule has 0 spiro atoms. The lowest BCUT2D eigenvalue weighted by Crippen LogP contribution is -2.60. The van der Waals surface area contributed by atoms with Crippen molar-refractivity contribution in [3.63, 3.8) is 0 Å². The van der Waals surface area contributed by atoms with Crippen LogP contribution in [0.5, 0.6) is 0 Å². The zero-order chi connectivity index (χ0) is 11.7. The van der Waals surface area contributed by atoms with E-state index in [1.54, 1.807) is 4.90 Å². The maximum atomic E-state index is 11.9. The Balaban J connectivity index is 2.09. The van der Waals surface area contributed by atoms with Crippen molar-refractivity contribution in [3.8, 4) is 0 Å². The summed E-state index contributed by atoms with van der Waals surface area (Å²) in [6.07, 6.45) is 4.91. The highest BCUT2D eigenvalue weighted by atomic mass is 16.2. The van der Waals surface area contributed by atoms with Crippen LogP contribution in [0.3, 0.4) is 0 Å². The summed E-state index contributed by atoms with van der Waals surface area (Å²) in [7, 11) is 0. The molecule has 4 heteroatoms. The molecule has 0 bridgehead atoms. The van der Waals surface area contributed by atoms with Crippen molar-refractivity contribution in [3.05, 3.63) is 0 Å². The highest BCUT2D eigenvalue weighted by Crippen LogP contribution is 2.31. The van der Waals surface area contributed by atoms with E-state index in [-0.39, 0.29) is 30.4 Å². The highest BCUT2D eigenvalue weighted by Gasteiger charge is 2.37. The molecule has 0 aromatic carbocycles. The first kappa shape index (κ1) is 11.4. The second-order valence-electron chi connectivity index (χ2n) is 4.98. The smallest absolute Gasteiger partial charge is 0.242 e. The number of piperazine rings is 1. The lowest BCUT2D eigenvalue weighted by molar-refractivity contribution is -0.148. The molecule has 1 aliphatic heterocycles. The fourth-order valence-electron chi connectivity index (χ4n) is 2.99. The van der Waals surface area contributed by atoms with Crippen molar-refractivity contribution in [2.75, 3.05) is 6.54 Å². The van der Waals surface area contributed by atoms with Gasteiger partial charge >= 0.3 is 0 Å². The van der Waals surface area contributed by atoms with Crippen LogP contribution in [-0.2, 0) is 9.59 Å². The lowest BCUT2D eigenvalue weighted by atomic mass is 9.96. The first-order chi connectivity index (χ1) is 7.61. The maximum Gasteiger partial charge on any atom is 0.242 e. The van der Waals surface area contributed by atoms with E-state index in [1.165, 1.54) is 25.7 Å². The number of nitrogens with zero attached hydrogens (tertiary/aromatic N) is 1. The summed E-state index contributed by atoms with van der Waals surface area (Å²) in [6.45, 7) is 4.07. The predicted octanol–water partition coefficient (Wildman–Crippen LogP) is 0.912. The van der Waals surface area contributed by atoms with Gasteiger partial charge in [-0.05, 0) is 32.6 Å². The Labute approximate surface area is 96.4 Å². The van der Waals surface area contributed by atoms with E-state index in [0.717, 1.165) is 0 Å². The molecule has 1 aliphatic carbocycles. The lowest BCUT2D eigenvalue weighted by Gasteiger charge is -2.39. The zero-order valence-electron chi connectivity index (χ0n) is 10.0. The van der Waals surface area contributed by atoms with E-state index in [9.17, 15) is 9.59 Å². The Morgan fingerprint density at radius 2 is 1.94 bits per heavy atom. The average molecular weight is 224 g/mol. The van der Waals surface area contributed by atoms with Gasteiger partial charge in [-0.3, -0.25) is 9.59 Å². The molecule has 16 heavy (non-hydrogen) atoms. The summed E-state index contributed by atoms with van der Waals surface area (Å²) in [5, 5.41) is 2.63. The van der Waals surface area contributed by atoms with Crippen molar-refractivity contribution >= 4 is 11.8 Å². The number of amides is 2. The normalized spacial score (nSPS) is 29.4. The third kappa shape index (κ3) is 1.93. The molecule has 0 aromatic heterocycles. The van der Waals surface area contributed by atoms with Crippen LogP contribution in [0.2, 0.25) is 0 Å². The SMILES string of the molecule is CC1C(=O)NCC(=O)N1C(C)C1CCCC1. The highest BCUT2D eigenvalue weighted by molar-refractivity contribution is 5.94. The van der Waals surface area contributed by atoms with E-state index in [4.69, 9.17) is 0 Å². The minimum absolute atomic E-state index is 0.0237. The van der Waals surface area contributed by atoms with Crippen molar-refractivity contribution in [2.45, 2.75) is 51.6 Å². The van der Waals surface area contributed by atoms with Crippen LogP contribution in [0, 0.1) is 5.92 Å². The van der Waals surface area contributed by atoms with Gasteiger partial charge in [0.05, 0.1) is 6.54 Å². The Kier molecular flexibility index (Phi) is 3.17. The largest absolute Gasteiger partial charge is 0.345 e. The summed E-state index contributed by atoms with van der Waals surface area (Å²) >= 11 is 0. The Morgan fingerprint density at radius 3 is 2.56 bits per heavy atom. The number of carbonyl (C=O) groups is 2. The number of hydrogen-bond acceptors (Lipinski definition) is 2. The monoisotopic (exact) mass is 224 g/mol. The second kappa shape index (κ2) is 4.44. The zero-order valence-corrected chi connectivity index (χ0v) is 10.0. The summed E-state index contributed by atoms with van der Waals surface area (Å²) in [6, 6.07) is -0.104. The fraction of sp³-hybridized carbons (Fsp3) is 0.833. The Hall–Kier alpha value is -1.06. The first-order valence-electron chi connectivity index (χ1n) is 6.20. The van der Waals surface area contributed by atoms with Crippen LogP contribution in [0.15, 0.2) is 0 Å². The molecule has 2 amide bonds. The number of nitrogens with one attached hydrogen (secondary N) is 1. The molecule has 1 N–H and O–H groups in total. The van der Waals surface area contributed by atoms with Gasteiger partial charge in [0.2, 0.25) is 11.8 Å². The van der Waals surface area contributed by atoms with Crippen LogP contribution in [-0.4, -0.2) is 35.3 Å². The van der Waals surface area contributed by atoms with Crippen LogP contribution in [0.25, 0.3) is 0 Å². The van der Waals surface area contributed by atoms with Gasteiger partial charge in [0, 0.05) is 6.04 Å². The van der Waals surface area contributed by atoms with Crippen LogP contribution in [0.4, 0.5) is 0 Å². The van der Waals surface area contributed by atoms with Crippen molar-refractivity contribution < 1.29 is 9.59 Å². The molecule has 1 heterocycles. The van der Waals surface area contributed by atoms with Gasteiger partial charge in [0.15, 0.2) is 0 Å². The van der Waals surface area contributed by atoms with Crippen molar-refractivity contribution in [1.82, 2.24) is 10.2 Å². The topological polar surface area (TPSA) is 49.4 Å². The van der Waals surface area contributed by atoms with Gasteiger partial charge < -0.3 is 10.2 Å². The number of hydrogen-bond donors (Lipinski definition) is 1. The molecular weight excluding hydrogens is 204 g/mol. The van der Waals surface area contributed by atoms with E-state index in [0.29, 0.717) is 5.92 Å². The molecule has 2 aliphatic rings. The molecule has 2 atom stereocenters. The number of carbonyl (C=O) groups excluding carboxylic acids is 2. The Bertz CT molecular complexity index is 297. The van der Waals surface area contributed by atoms with E-state index < -0.39 is 0 Å². The average Bonchev–Trinajstić information content (AvgIpc) is 2.77. The minimum atomic E-state index is -0.308. The maximum absolute atomic E-state index is 11.9. The van der Waals surface area contributed by atoms with Crippen LogP contribution >= 0.6 is 0 Å². The molecule has 90 valence electrons. The standard InChI is InChI=1S/C12H20N2O2/c1-8(10-5-3-4-6-10)14-9(2)12(16)13-7-11(14)15/h8-10H,3-7H2,1-2H3,(H,13,16). The van der Waals surface area contributed by atoms with Crippen LogP contribution < -0.4 is 5.32 Å². The molecule has 2 fully saturated rings. The molecule has 1 saturated heterocycles. The second-order valence-corrected chi connectivity index (χ2v) is 4.98. The van der Waals surface area contributed by atoms with Gasteiger partial charge in [0.1, 0.15) is 6.04 Å². The number of rotatable bonds is 2.